The smallest absolute Gasteiger partial charge is 0.228 e. The largest absolute Gasteiger partial charge is 0.356 e. The first-order valence-electron chi connectivity index (χ1n) is 11.2. The molecule has 1 aliphatic rings. The number of benzene rings is 1. The molecule has 0 aliphatic carbocycles. The molecule has 2 amide bonds. The number of pyridine rings is 1. The third-order valence-corrected chi connectivity index (χ3v) is 7.14. The molecule has 1 aliphatic heterocycles. The van der Waals surface area contributed by atoms with Crippen LogP contribution in [-0.2, 0) is 22.4 Å². The fraction of sp³-hybridized carbons (Fsp3) is 0.346. The number of thiophene rings is 1. The van der Waals surface area contributed by atoms with Crippen LogP contribution in [0.4, 0.5) is 0 Å². The molecule has 32 heavy (non-hydrogen) atoms. The summed E-state index contributed by atoms with van der Waals surface area (Å²) in [5, 5.41) is 5.13. The summed E-state index contributed by atoms with van der Waals surface area (Å²) in [5.74, 6) is 0.172. The van der Waals surface area contributed by atoms with Crippen molar-refractivity contribution < 1.29 is 9.59 Å². The van der Waals surface area contributed by atoms with Crippen LogP contribution in [0, 0.1) is 5.41 Å². The number of carbonyl (C=O) groups excluding carboxylic acids is 2. The molecule has 4 rings (SSSR count). The van der Waals surface area contributed by atoms with E-state index in [0.717, 1.165) is 11.3 Å². The average Bonchev–Trinajstić information content (AvgIpc) is 3.36. The van der Waals surface area contributed by atoms with Gasteiger partial charge < -0.3 is 10.2 Å². The van der Waals surface area contributed by atoms with Gasteiger partial charge in [-0.05, 0) is 60.9 Å². The Balaban J connectivity index is 1.48. The Morgan fingerprint density at radius 3 is 2.62 bits per heavy atom. The van der Waals surface area contributed by atoms with Gasteiger partial charge in [0.2, 0.25) is 11.8 Å². The summed E-state index contributed by atoms with van der Waals surface area (Å²) in [4.78, 5) is 33.4. The van der Waals surface area contributed by atoms with Crippen molar-refractivity contribution in [3.8, 4) is 10.4 Å². The lowest BCUT2D eigenvalue weighted by Crippen LogP contribution is -2.51. The van der Waals surface area contributed by atoms with Gasteiger partial charge in [-0.1, -0.05) is 36.4 Å². The van der Waals surface area contributed by atoms with E-state index >= 15 is 0 Å². The van der Waals surface area contributed by atoms with Gasteiger partial charge in [0.1, 0.15) is 0 Å². The van der Waals surface area contributed by atoms with Crippen molar-refractivity contribution in [3.63, 3.8) is 0 Å². The molecule has 1 fully saturated rings. The van der Waals surface area contributed by atoms with E-state index in [9.17, 15) is 9.59 Å². The third kappa shape index (κ3) is 5.07. The van der Waals surface area contributed by atoms with Gasteiger partial charge in [0.15, 0.2) is 0 Å². The van der Waals surface area contributed by atoms with E-state index in [-0.39, 0.29) is 11.8 Å². The van der Waals surface area contributed by atoms with Gasteiger partial charge in [-0.15, -0.1) is 11.3 Å². The molecule has 5 nitrogen and oxygen atoms in total. The molecule has 0 radical (unpaired) electrons. The number of amides is 2. The van der Waals surface area contributed by atoms with E-state index in [1.807, 2.05) is 30.0 Å². The first-order valence-corrected chi connectivity index (χ1v) is 12.1. The van der Waals surface area contributed by atoms with Gasteiger partial charge in [0, 0.05) is 36.4 Å². The molecule has 3 heterocycles. The van der Waals surface area contributed by atoms with E-state index < -0.39 is 5.41 Å². The molecule has 166 valence electrons. The van der Waals surface area contributed by atoms with Gasteiger partial charge in [-0.3, -0.25) is 14.6 Å². The Bertz CT molecular complexity index is 1040. The van der Waals surface area contributed by atoms with E-state index in [2.05, 4.69) is 52.1 Å². The van der Waals surface area contributed by atoms with Crippen LogP contribution in [0.5, 0.6) is 0 Å². The molecule has 3 aromatic rings. The van der Waals surface area contributed by atoms with Crippen molar-refractivity contribution in [2.75, 3.05) is 19.6 Å². The number of nitrogens with one attached hydrogen (secondary N) is 1. The lowest BCUT2D eigenvalue weighted by Gasteiger charge is -2.41. The highest BCUT2D eigenvalue weighted by Gasteiger charge is 2.42. The maximum Gasteiger partial charge on any atom is 0.228 e. The maximum atomic E-state index is 13.2. The first-order chi connectivity index (χ1) is 15.6. The fourth-order valence-electron chi connectivity index (χ4n) is 4.45. The van der Waals surface area contributed by atoms with Crippen LogP contribution in [0.25, 0.3) is 10.4 Å². The van der Waals surface area contributed by atoms with Crippen LogP contribution in [0.1, 0.15) is 31.0 Å². The second-order valence-electron chi connectivity index (χ2n) is 8.37. The number of carbonyl (C=O) groups is 2. The van der Waals surface area contributed by atoms with E-state index in [0.29, 0.717) is 45.3 Å². The Labute approximate surface area is 193 Å². The molecule has 1 aromatic carbocycles. The molecular formula is C26H29N3O2S. The van der Waals surface area contributed by atoms with Gasteiger partial charge in [0.05, 0.1) is 11.8 Å². The van der Waals surface area contributed by atoms with Crippen molar-refractivity contribution >= 4 is 23.2 Å². The van der Waals surface area contributed by atoms with E-state index in [1.165, 1.54) is 10.4 Å². The number of nitrogens with zero attached hydrogens (tertiary/aromatic N) is 2. The van der Waals surface area contributed by atoms with Gasteiger partial charge in [-0.25, -0.2) is 0 Å². The van der Waals surface area contributed by atoms with Gasteiger partial charge in [0.25, 0.3) is 0 Å². The predicted octanol–water partition coefficient (Wildman–Crippen LogP) is 4.34. The van der Waals surface area contributed by atoms with Crippen LogP contribution in [0.15, 0.2) is 66.2 Å². The molecule has 6 heteroatoms. The zero-order chi connectivity index (χ0) is 22.4. The summed E-state index contributed by atoms with van der Waals surface area (Å²) in [7, 11) is 0. The second-order valence-corrected chi connectivity index (χ2v) is 9.32. The molecule has 0 atom stereocenters. The molecule has 1 saturated heterocycles. The molecule has 0 saturated carbocycles. The Morgan fingerprint density at radius 1 is 1.09 bits per heavy atom. The standard InChI is InChI=1S/C26H29N3O2S/c1-2-27-25(31)26(19-20-7-5-8-21(17-20)23-10-6-16-32-23)11-14-29(15-12-26)24(30)18-22-9-3-4-13-28-22/h3-10,13,16-17H,2,11-12,14-15,18-19H2,1H3,(H,27,31). The summed E-state index contributed by atoms with van der Waals surface area (Å²) in [6.45, 7) is 3.74. The molecule has 1 N–H and O–H groups in total. The topological polar surface area (TPSA) is 62.3 Å². The maximum absolute atomic E-state index is 13.2. The van der Waals surface area contributed by atoms with Crippen molar-refractivity contribution in [2.24, 2.45) is 5.41 Å². The lowest BCUT2D eigenvalue weighted by atomic mass is 9.72. The number of piperidine rings is 1. The van der Waals surface area contributed by atoms with Crippen molar-refractivity contribution in [3.05, 3.63) is 77.4 Å². The Morgan fingerprint density at radius 2 is 1.94 bits per heavy atom. The number of hydrogen-bond acceptors (Lipinski definition) is 4. The SMILES string of the molecule is CCNC(=O)C1(Cc2cccc(-c3cccs3)c2)CCN(C(=O)Cc2ccccn2)CC1. The van der Waals surface area contributed by atoms with Crippen molar-refractivity contribution in [1.29, 1.82) is 0 Å². The van der Waals surface area contributed by atoms with E-state index in [4.69, 9.17) is 0 Å². The van der Waals surface area contributed by atoms with Crippen LogP contribution >= 0.6 is 11.3 Å². The molecule has 0 bridgehead atoms. The second kappa shape index (κ2) is 10.1. The van der Waals surface area contributed by atoms with Crippen LogP contribution in [0.2, 0.25) is 0 Å². The summed E-state index contributed by atoms with van der Waals surface area (Å²) >= 11 is 1.72. The minimum atomic E-state index is -0.494. The van der Waals surface area contributed by atoms with Crippen molar-refractivity contribution in [2.45, 2.75) is 32.6 Å². The summed E-state index contributed by atoms with van der Waals surface area (Å²) < 4.78 is 0. The quantitative estimate of drug-likeness (QED) is 0.586. The minimum absolute atomic E-state index is 0.0768. The fourth-order valence-corrected chi connectivity index (χ4v) is 5.18. The zero-order valence-corrected chi connectivity index (χ0v) is 19.2. The Kier molecular flexibility index (Phi) is 7.00. The predicted molar refractivity (Wildman–Crippen MR) is 128 cm³/mol. The Hall–Kier alpha value is -2.99. The highest BCUT2D eigenvalue weighted by Crippen LogP contribution is 2.37. The zero-order valence-electron chi connectivity index (χ0n) is 18.4. The number of rotatable bonds is 7. The molecule has 0 unspecified atom stereocenters. The summed E-state index contributed by atoms with van der Waals surface area (Å²) in [5.41, 5.74) is 2.64. The number of hydrogen-bond donors (Lipinski definition) is 1. The molecule has 2 aromatic heterocycles. The summed E-state index contributed by atoms with van der Waals surface area (Å²) in [6.07, 6.45) is 4.02. The third-order valence-electron chi connectivity index (χ3n) is 6.23. The highest BCUT2D eigenvalue weighted by atomic mass is 32.1. The number of likely N-dealkylation sites (tertiary alicyclic amines) is 1. The average molecular weight is 448 g/mol. The molecule has 0 spiro atoms. The van der Waals surface area contributed by atoms with Crippen molar-refractivity contribution in [1.82, 2.24) is 15.2 Å². The van der Waals surface area contributed by atoms with Crippen LogP contribution < -0.4 is 5.32 Å². The lowest BCUT2D eigenvalue weighted by molar-refractivity contribution is -0.140. The van der Waals surface area contributed by atoms with Crippen LogP contribution in [0.3, 0.4) is 0 Å². The van der Waals surface area contributed by atoms with Gasteiger partial charge in [-0.2, -0.15) is 0 Å². The van der Waals surface area contributed by atoms with Crippen LogP contribution in [-0.4, -0.2) is 41.3 Å². The normalized spacial score (nSPS) is 15.3. The summed E-state index contributed by atoms with van der Waals surface area (Å²) in [6, 6.07) is 18.3. The number of aromatic nitrogens is 1. The highest BCUT2D eigenvalue weighted by molar-refractivity contribution is 7.13. The minimum Gasteiger partial charge on any atom is -0.356 e. The molecular weight excluding hydrogens is 418 g/mol. The van der Waals surface area contributed by atoms with E-state index in [1.54, 1.807) is 17.5 Å². The van der Waals surface area contributed by atoms with Gasteiger partial charge >= 0.3 is 0 Å². The first kappa shape index (κ1) is 22.2. The monoisotopic (exact) mass is 447 g/mol.